The molecule has 3 rings (SSSR count). The normalized spacial score (nSPS) is 20.8. The van der Waals surface area contributed by atoms with Crippen LogP contribution in [0.15, 0.2) is 18.3 Å². The van der Waals surface area contributed by atoms with E-state index in [0.717, 1.165) is 57.6 Å². The maximum Gasteiger partial charge on any atom is 0.309 e. The molecule has 7 heteroatoms. The molecule has 0 aromatic carbocycles. The van der Waals surface area contributed by atoms with Crippen molar-refractivity contribution in [1.29, 1.82) is 0 Å². The van der Waals surface area contributed by atoms with E-state index in [0.29, 0.717) is 6.54 Å². The third kappa shape index (κ3) is 4.65. The van der Waals surface area contributed by atoms with Crippen molar-refractivity contribution in [1.82, 2.24) is 25.0 Å². The first-order valence-corrected chi connectivity index (χ1v) is 9.67. The third-order valence-electron chi connectivity index (χ3n) is 5.66. The molecule has 1 atom stereocenters. The number of rotatable bonds is 5. The molecule has 1 saturated heterocycles. The number of aryl methyl sites for hydroxylation is 1. The topological polar surface area (TPSA) is 69.6 Å². The van der Waals surface area contributed by atoms with Crippen LogP contribution in [0, 0.1) is 0 Å². The Morgan fingerprint density at radius 2 is 1.81 bits per heavy atom. The Balaban J connectivity index is 1.59. The SMILES string of the molecule is CN1CCN(C(CNC(=O)C(=O)NC2CCCC2)c2cccn2C)CC1. The molecule has 26 heavy (non-hydrogen) atoms. The molecule has 2 heterocycles. The molecular weight excluding hydrogens is 330 g/mol. The van der Waals surface area contributed by atoms with Crippen LogP contribution in [0.4, 0.5) is 0 Å². The van der Waals surface area contributed by atoms with Crippen LogP contribution in [-0.2, 0) is 16.6 Å². The zero-order valence-electron chi connectivity index (χ0n) is 15.9. The van der Waals surface area contributed by atoms with Crippen molar-refractivity contribution in [2.75, 3.05) is 39.8 Å². The van der Waals surface area contributed by atoms with E-state index in [1.54, 1.807) is 0 Å². The standard InChI is InChI=1S/C19H31N5O2/c1-22-10-12-24(13-11-22)17(16-8-5-9-23(16)2)14-20-18(25)19(26)21-15-6-3-4-7-15/h5,8-9,15,17H,3-4,6-7,10-14H2,1-2H3,(H,20,25)(H,21,26). The molecule has 2 amide bonds. The average Bonchev–Trinajstić information content (AvgIpc) is 3.28. The fourth-order valence-electron chi connectivity index (χ4n) is 3.97. The number of nitrogens with one attached hydrogen (secondary N) is 2. The smallest absolute Gasteiger partial charge is 0.309 e. The molecular formula is C19H31N5O2. The van der Waals surface area contributed by atoms with E-state index in [1.165, 1.54) is 0 Å². The molecule has 2 fully saturated rings. The summed E-state index contributed by atoms with van der Waals surface area (Å²) in [5.41, 5.74) is 1.16. The van der Waals surface area contributed by atoms with E-state index < -0.39 is 11.8 Å². The van der Waals surface area contributed by atoms with Gasteiger partial charge < -0.3 is 20.1 Å². The summed E-state index contributed by atoms with van der Waals surface area (Å²) in [6.07, 6.45) is 6.24. The molecule has 144 valence electrons. The molecule has 2 N–H and O–H groups in total. The van der Waals surface area contributed by atoms with Gasteiger partial charge >= 0.3 is 11.8 Å². The summed E-state index contributed by atoms with van der Waals surface area (Å²) < 4.78 is 2.09. The van der Waals surface area contributed by atoms with Gasteiger partial charge in [-0.25, -0.2) is 0 Å². The number of nitrogens with zero attached hydrogens (tertiary/aromatic N) is 3. The third-order valence-corrected chi connectivity index (χ3v) is 5.66. The number of piperazine rings is 1. The second-order valence-electron chi connectivity index (χ2n) is 7.56. The monoisotopic (exact) mass is 361 g/mol. The fourth-order valence-corrected chi connectivity index (χ4v) is 3.97. The van der Waals surface area contributed by atoms with Crippen molar-refractivity contribution < 1.29 is 9.59 Å². The quantitative estimate of drug-likeness (QED) is 0.749. The highest BCUT2D eigenvalue weighted by Gasteiger charge is 2.27. The van der Waals surface area contributed by atoms with Crippen LogP contribution in [-0.4, -0.2) is 72.0 Å². The number of hydrogen-bond donors (Lipinski definition) is 2. The summed E-state index contributed by atoms with van der Waals surface area (Å²) in [6.45, 7) is 4.37. The summed E-state index contributed by atoms with van der Waals surface area (Å²) in [4.78, 5) is 29.1. The van der Waals surface area contributed by atoms with Crippen molar-refractivity contribution in [3.63, 3.8) is 0 Å². The van der Waals surface area contributed by atoms with Gasteiger partial charge in [0, 0.05) is 57.7 Å². The van der Waals surface area contributed by atoms with Gasteiger partial charge in [0.25, 0.3) is 0 Å². The molecule has 1 unspecified atom stereocenters. The first-order chi connectivity index (χ1) is 12.5. The number of hydrogen-bond acceptors (Lipinski definition) is 4. The Morgan fingerprint density at radius 1 is 1.12 bits per heavy atom. The average molecular weight is 361 g/mol. The largest absolute Gasteiger partial charge is 0.353 e. The van der Waals surface area contributed by atoms with Crippen molar-refractivity contribution in [3.8, 4) is 0 Å². The number of carbonyl (C=O) groups excluding carboxylic acids is 2. The fraction of sp³-hybridized carbons (Fsp3) is 0.684. The molecule has 2 aliphatic rings. The molecule has 1 aliphatic carbocycles. The number of carbonyl (C=O) groups is 2. The van der Waals surface area contributed by atoms with Gasteiger partial charge in [-0.15, -0.1) is 0 Å². The second-order valence-corrected chi connectivity index (χ2v) is 7.56. The highest BCUT2D eigenvalue weighted by Crippen LogP contribution is 2.22. The second kappa shape index (κ2) is 8.68. The lowest BCUT2D eigenvalue weighted by molar-refractivity contribution is -0.139. The van der Waals surface area contributed by atoms with E-state index >= 15 is 0 Å². The Kier molecular flexibility index (Phi) is 6.32. The van der Waals surface area contributed by atoms with Crippen LogP contribution in [0.1, 0.15) is 37.4 Å². The Bertz CT molecular complexity index is 615. The van der Waals surface area contributed by atoms with E-state index in [1.807, 2.05) is 19.3 Å². The van der Waals surface area contributed by atoms with Gasteiger partial charge in [-0.1, -0.05) is 12.8 Å². The van der Waals surface area contributed by atoms with Crippen LogP contribution in [0.25, 0.3) is 0 Å². The number of amides is 2. The number of likely N-dealkylation sites (N-methyl/N-ethyl adjacent to an activating group) is 1. The highest BCUT2D eigenvalue weighted by atomic mass is 16.2. The summed E-state index contributed by atoms with van der Waals surface area (Å²) in [5.74, 6) is -1.02. The first kappa shape index (κ1) is 18.9. The number of aromatic nitrogens is 1. The van der Waals surface area contributed by atoms with Crippen molar-refractivity contribution in [2.45, 2.75) is 37.8 Å². The molecule has 1 saturated carbocycles. The lowest BCUT2D eigenvalue weighted by atomic mass is 10.1. The molecule has 7 nitrogen and oxygen atoms in total. The van der Waals surface area contributed by atoms with Gasteiger partial charge in [-0.05, 0) is 32.0 Å². The van der Waals surface area contributed by atoms with Crippen LogP contribution >= 0.6 is 0 Å². The van der Waals surface area contributed by atoms with Crippen LogP contribution < -0.4 is 10.6 Å². The van der Waals surface area contributed by atoms with Gasteiger partial charge in [0.05, 0.1) is 6.04 Å². The zero-order valence-corrected chi connectivity index (χ0v) is 15.9. The molecule has 0 bridgehead atoms. The van der Waals surface area contributed by atoms with Crippen molar-refractivity contribution in [3.05, 3.63) is 24.0 Å². The minimum absolute atomic E-state index is 0.0759. The van der Waals surface area contributed by atoms with Crippen molar-refractivity contribution >= 4 is 11.8 Å². The summed E-state index contributed by atoms with van der Waals surface area (Å²) >= 11 is 0. The molecule has 0 spiro atoms. The molecule has 1 aliphatic heterocycles. The Labute approximate surface area is 155 Å². The van der Waals surface area contributed by atoms with Crippen molar-refractivity contribution in [2.24, 2.45) is 7.05 Å². The van der Waals surface area contributed by atoms with Crippen LogP contribution in [0.3, 0.4) is 0 Å². The minimum atomic E-state index is -0.523. The molecule has 1 aromatic heterocycles. The predicted molar refractivity (Wildman–Crippen MR) is 101 cm³/mol. The van der Waals surface area contributed by atoms with E-state index in [4.69, 9.17) is 0 Å². The molecule has 0 radical (unpaired) electrons. The molecule has 1 aromatic rings. The van der Waals surface area contributed by atoms with Gasteiger partial charge in [-0.3, -0.25) is 14.5 Å². The van der Waals surface area contributed by atoms with E-state index in [-0.39, 0.29) is 12.1 Å². The van der Waals surface area contributed by atoms with Crippen LogP contribution in [0.5, 0.6) is 0 Å². The summed E-state index contributed by atoms with van der Waals surface area (Å²) in [5, 5.41) is 5.72. The Morgan fingerprint density at radius 3 is 2.42 bits per heavy atom. The maximum absolute atomic E-state index is 12.3. The predicted octanol–water partition coefficient (Wildman–Crippen LogP) is 0.489. The Hall–Kier alpha value is -1.86. The lowest BCUT2D eigenvalue weighted by Gasteiger charge is -2.38. The van der Waals surface area contributed by atoms with Gasteiger partial charge in [0.1, 0.15) is 0 Å². The summed E-state index contributed by atoms with van der Waals surface area (Å²) in [6, 6.07) is 4.35. The highest BCUT2D eigenvalue weighted by molar-refractivity contribution is 6.35. The maximum atomic E-state index is 12.3. The van der Waals surface area contributed by atoms with Gasteiger partial charge in [0.2, 0.25) is 0 Å². The van der Waals surface area contributed by atoms with E-state index in [2.05, 4.69) is 38.1 Å². The van der Waals surface area contributed by atoms with Crippen LogP contribution in [0.2, 0.25) is 0 Å². The minimum Gasteiger partial charge on any atom is -0.353 e. The van der Waals surface area contributed by atoms with Gasteiger partial charge in [-0.2, -0.15) is 0 Å². The first-order valence-electron chi connectivity index (χ1n) is 9.67. The van der Waals surface area contributed by atoms with Gasteiger partial charge in [0.15, 0.2) is 0 Å². The zero-order chi connectivity index (χ0) is 18.5. The summed E-state index contributed by atoms with van der Waals surface area (Å²) in [7, 11) is 4.15. The lowest BCUT2D eigenvalue weighted by Crippen LogP contribution is -2.50. The van der Waals surface area contributed by atoms with E-state index in [9.17, 15) is 9.59 Å².